The van der Waals surface area contributed by atoms with Crippen LogP contribution < -0.4 is 5.32 Å². The van der Waals surface area contributed by atoms with E-state index in [9.17, 15) is 9.90 Å². The van der Waals surface area contributed by atoms with E-state index < -0.39 is 5.60 Å². The molecule has 4 aliphatic rings. The second-order valence-corrected chi connectivity index (χ2v) is 8.56. The zero-order chi connectivity index (χ0) is 16.6. The first-order valence-electron chi connectivity index (χ1n) is 10.0. The largest absolute Gasteiger partial charge is 0.389 e. The summed E-state index contributed by atoms with van der Waals surface area (Å²) in [7, 11) is 0. The van der Waals surface area contributed by atoms with Gasteiger partial charge in [-0.3, -0.25) is 4.79 Å². The lowest BCUT2D eigenvalue weighted by atomic mass is 9.84. The van der Waals surface area contributed by atoms with Crippen LogP contribution in [0.3, 0.4) is 0 Å². The van der Waals surface area contributed by atoms with E-state index >= 15 is 0 Å². The molecule has 0 aromatic heterocycles. The van der Waals surface area contributed by atoms with E-state index in [0.717, 1.165) is 77.4 Å². The zero-order valence-corrected chi connectivity index (χ0v) is 14.7. The number of nitrogens with zero attached hydrogens (tertiary/aromatic N) is 1. The van der Waals surface area contributed by atoms with Gasteiger partial charge in [0.15, 0.2) is 0 Å². The molecule has 1 amide bonds. The molecule has 136 valence electrons. The summed E-state index contributed by atoms with van der Waals surface area (Å²) in [5, 5.41) is 14.0. The van der Waals surface area contributed by atoms with Crippen molar-refractivity contribution in [3.8, 4) is 0 Å². The quantitative estimate of drug-likeness (QED) is 0.822. The molecule has 3 atom stereocenters. The van der Waals surface area contributed by atoms with Gasteiger partial charge in [0.1, 0.15) is 0 Å². The van der Waals surface area contributed by atoms with E-state index in [-0.39, 0.29) is 17.9 Å². The Morgan fingerprint density at radius 1 is 1.12 bits per heavy atom. The smallest absolute Gasteiger partial charge is 0.226 e. The molecule has 0 radical (unpaired) electrons. The highest BCUT2D eigenvalue weighted by Gasteiger charge is 2.44. The molecule has 0 aromatic carbocycles. The highest BCUT2D eigenvalue weighted by atomic mass is 16.5. The minimum absolute atomic E-state index is 0.0877. The van der Waals surface area contributed by atoms with E-state index in [1.54, 1.807) is 0 Å². The van der Waals surface area contributed by atoms with Gasteiger partial charge in [-0.2, -0.15) is 0 Å². The van der Waals surface area contributed by atoms with Crippen LogP contribution >= 0.6 is 0 Å². The Bertz CT molecular complexity index is 456. The third kappa shape index (κ3) is 3.63. The van der Waals surface area contributed by atoms with Crippen molar-refractivity contribution in [1.29, 1.82) is 0 Å². The van der Waals surface area contributed by atoms with Gasteiger partial charge in [-0.15, -0.1) is 0 Å². The summed E-state index contributed by atoms with van der Waals surface area (Å²) in [5.74, 6) is 0.302. The van der Waals surface area contributed by atoms with Gasteiger partial charge < -0.3 is 20.1 Å². The van der Waals surface area contributed by atoms with Crippen molar-refractivity contribution in [3.05, 3.63) is 0 Å². The van der Waals surface area contributed by atoms with Crippen molar-refractivity contribution >= 4 is 5.91 Å². The number of piperidine rings is 1. The van der Waals surface area contributed by atoms with E-state index in [2.05, 4.69) is 10.2 Å². The Labute approximate surface area is 145 Å². The third-order valence-electron chi connectivity index (χ3n) is 6.68. The van der Waals surface area contributed by atoms with Crippen LogP contribution in [0, 0.1) is 5.92 Å². The number of nitrogens with one attached hydrogen (secondary N) is 1. The second-order valence-electron chi connectivity index (χ2n) is 8.56. The van der Waals surface area contributed by atoms with Gasteiger partial charge in [0, 0.05) is 25.7 Å². The minimum Gasteiger partial charge on any atom is -0.389 e. The van der Waals surface area contributed by atoms with Crippen molar-refractivity contribution in [2.75, 3.05) is 19.6 Å². The molecule has 0 spiro atoms. The summed E-state index contributed by atoms with van der Waals surface area (Å²) in [6.07, 6.45) is 11.1. The number of carbonyl (C=O) groups is 1. The normalized spacial score (nSPS) is 36.8. The number of ether oxygens (including phenoxy) is 1. The lowest BCUT2D eigenvalue weighted by Gasteiger charge is -2.40. The fourth-order valence-corrected chi connectivity index (χ4v) is 5.24. The van der Waals surface area contributed by atoms with Gasteiger partial charge in [-0.05, 0) is 44.9 Å². The monoisotopic (exact) mass is 336 g/mol. The molecule has 0 aromatic rings. The van der Waals surface area contributed by atoms with Crippen molar-refractivity contribution in [1.82, 2.24) is 10.2 Å². The Kier molecular flexibility index (Phi) is 4.85. The molecule has 3 aliphatic heterocycles. The van der Waals surface area contributed by atoms with Crippen molar-refractivity contribution in [2.45, 2.75) is 88.1 Å². The topological polar surface area (TPSA) is 61.8 Å². The average Bonchev–Trinajstić information content (AvgIpc) is 3.20. The predicted octanol–water partition coefficient (Wildman–Crippen LogP) is 1.83. The number of fused-ring (bicyclic) bond motifs is 2. The minimum atomic E-state index is -0.464. The highest BCUT2D eigenvalue weighted by Crippen LogP contribution is 2.39. The standard InChI is InChI=1S/C19H32N2O3/c22-18(16-12-15-4-5-17(16)24-15)20-14-6-10-21(11-7-14)13-19(23)8-2-1-3-9-19/h14-17,23H,1-13H2,(H,20,22). The lowest BCUT2D eigenvalue weighted by molar-refractivity contribution is -0.127. The Morgan fingerprint density at radius 2 is 1.88 bits per heavy atom. The first kappa shape index (κ1) is 16.8. The van der Waals surface area contributed by atoms with Crippen LogP contribution in [0.5, 0.6) is 0 Å². The van der Waals surface area contributed by atoms with E-state index in [1.165, 1.54) is 6.42 Å². The van der Waals surface area contributed by atoms with Gasteiger partial charge in [0.05, 0.1) is 23.7 Å². The Hall–Kier alpha value is -0.650. The average molecular weight is 336 g/mol. The second kappa shape index (κ2) is 6.93. The van der Waals surface area contributed by atoms with Crippen LogP contribution in [0.4, 0.5) is 0 Å². The summed E-state index contributed by atoms with van der Waals surface area (Å²) >= 11 is 0. The SMILES string of the molecule is O=C(NC1CCN(CC2(O)CCCCC2)CC1)C1CC2CCC1O2. The van der Waals surface area contributed by atoms with E-state index in [1.807, 2.05) is 0 Å². The van der Waals surface area contributed by atoms with Gasteiger partial charge in [0.25, 0.3) is 0 Å². The molecular weight excluding hydrogens is 304 g/mol. The fraction of sp³-hybridized carbons (Fsp3) is 0.947. The highest BCUT2D eigenvalue weighted by molar-refractivity contribution is 5.80. The maximum atomic E-state index is 12.5. The third-order valence-corrected chi connectivity index (χ3v) is 6.68. The van der Waals surface area contributed by atoms with Crippen molar-refractivity contribution in [2.24, 2.45) is 5.92 Å². The van der Waals surface area contributed by atoms with Crippen LogP contribution in [0.15, 0.2) is 0 Å². The Morgan fingerprint density at radius 3 is 2.50 bits per heavy atom. The van der Waals surface area contributed by atoms with Crippen LogP contribution in [0.1, 0.15) is 64.2 Å². The van der Waals surface area contributed by atoms with Crippen LogP contribution in [-0.2, 0) is 9.53 Å². The molecule has 3 heterocycles. The summed E-state index contributed by atoms with van der Waals surface area (Å²) in [5.41, 5.74) is -0.464. The molecule has 3 saturated heterocycles. The van der Waals surface area contributed by atoms with Crippen molar-refractivity contribution < 1.29 is 14.6 Å². The van der Waals surface area contributed by atoms with Gasteiger partial charge in [-0.25, -0.2) is 0 Å². The summed E-state index contributed by atoms with van der Waals surface area (Å²) in [6, 6.07) is 0.300. The molecule has 1 aliphatic carbocycles. The lowest BCUT2D eigenvalue weighted by Crippen LogP contribution is -2.51. The van der Waals surface area contributed by atoms with Crippen LogP contribution in [0.25, 0.3) is 0 Å². The molecule has 5 heteroatoms. The molecule has 4 rings (SSSR count). The molecule has 2 bridgehead atoms. The maximum Gasteiger partial charge on any atom is 0.226 e. The molecule has 5 nitrogen and oxygen atoms in total. The molecule has 24 heavy (non-hydrogen) atoms. The number of amides is 1. The molecule has 2 N–H and O–H groups in total. The van der Waals surface area contributed by atoms with Crippen LogP contribution in [-0.4, -0.2) is 59.4 Å². The summed E-state index contributed by atoms with van der Waals surface area (Å²) in [4.78, 5) is 14.9. The van der Waals surface area contributed by atoms with Gasteiger partial charge >= 0.3 is 0 Å². The molecular formula is C19H32N2O3. The number of aliphatic hydroxyl groups is 1. The predicted molar refractivity (Wildman–Crippen MR) is 91.6 cm³/mol. The summed E-state index contributed by atoms with van der Waals surface area (Å²) < 4.78 is 5.81. The zero-order valence-electron chi connectivity index (χ0n) is 14.7. The van der Waals surface area contributed by atoms with Gasteiger partial charge in [-0.1, -0.05) is 19.3 Å². The first-order chi connectivity index (χ1) is 11.6. The van der Waals surface area contributed by atoms with Crippen LogP contribution in [0.2, 0.25) is 0 Å². The maximum absolute atomic E-state index is 12.5. The molecule has 4 fully saturated rings. The van der Waals surface area contributed by atoms with E-state index in [0.29, 0.717) is 12.1 Å². The number of hydrogen-bond acceptors (Lipinski definition) is 4. The Balaban J connectivity index is 1.21. The fourth-order valence-electron chi connectivity index (χ4n) is 5.24. The number of likely N-dealkylation sites (tertiary alicyclic amines) is 1. The van der Waals surface area contributed by atoms with Crippen molar-refractivity contribution in [3.63, 3.8) is 0 Å². The number of carbonyl (C=O) groups excluding carboxylic acids is 1. The first-order valence-corrected chi connectivity index (χ1v) is 10.0. The van der Waals surface area contributed by atoms with E-state index in [4.69, 9.17) is 4.74 Å². The molecule has 3 unspecified atom stereocenters. The van der Waals surface area contributed by atoms with Gasteiger partial charge in [0.2, 0.25) is 5.91 Å². The molecule has 1 saturated carbocycles. The number of β-amino-alcohol motifs (C(OH)–C–C–N with tert-alkyl or cyclic N) is 1. The number of rotatable bonds is 4. The summed E-state index contributed by atoms with van der Waals surface area (Å²) in [6.45, 7) is 2.79. The number of hydrogen-bond donors (Lipinski definition) is 2.